The average Bonchev–Trinajstić information content (AvgIpc) is 3.41. The number of unbranched alkanes of at least 4 members (excludes halogenated alkanes) is 19. The number of ether oxygens (including phenoxy) is 3. The van der Waals surface area contributed by atoms with E-state index < -0.39 is 57.8 Å². The quantitative estimate of drug-likeness (QED) is 0.0197. The van der Waals surface area contributed by atoms with Gasteiger partial charge in [0.1, 0.15) is 12.7 Å². The molecule has 434 valence electrons. The van der Waals surface area contributed by atoms with E-state index in [1.165, 1.54) is 70.6 Å². The topological polar surface area (TPSA) is 155 Å². The molecule has 0 saturated carbocycles. The van der Waals surface area contributed by atoms with E-state index in [1.54, 1.807) is 0 Å². The van der Waals surface area contributed by atoms with Crippen molar-refractivity contribution in [1.82, 2.24) is 0 Å². The van der Waals surface area contributed by atoms with Gasteiger partial charge in [-0.15, -0.1) is 0 Å². The van der Waals surface area contributed by atoms with Gasteiger partial charge in [-0.3, -0.25) is 23.4 Å². The first kappa shape index (κ1) is 72.1. The minimum atomic E-state index is -4.78. The second-order valence-electron chi connectivity index (χ2n) is 19.4. The number of esters is 3. The van der Waals surface area contributed by atoms with E-state index in [9.17, 15) is 28.9 Å². The van der Waals surface area contributed by atoms with E-state index in [0.717, 1.165) is 103 Å². The van der Waals surface area contributed by atoms with Crippen LogP contribution in [0.3, 0.4) is 0 Å². The minimum Gasteiger partial charge on any atom is -0.462 e. The van der Waals surface area contributed by atoms with Crippen LogP contribution in [0.15, 0.2) is 109 Å². The molecule has 3 unspecified atom stereocenters. The normalized spacial score (nSPS) is 14.1. The number of carbonyl (C=O) groups excluding carboxylic acids is 3. The fraction of sp³-hybridized carbons (Fsp3) is 0.672. The third-order valence-electron chi connectivity index (χ3n) is 12.2. The zero-order valence-electron chi connectivity index (χ0n) is 47.9. The molecule has 0 fully saturated rings. The van der Waals surface area contributed by atoms with Crippen molar-refractivity contribution in [2.75, 3.05) is 26.4 Å². The third kappa shape index (κ3) is 54.9. The number of aliphatic hydroxyl groups excluding tert-OH is 1. The molecule has 0 aromatic heterocycles. The molecule has 0 aromatic carbocycles. The van der Waals surface area contributed by atoms with Crippen molar-refractivity contribution in [2.24, 2.45) is 0 Å². The van der Waals surface area contributed by atoms with Crippen molar-refractivity contribution in [3.8, 4) is 0 Å². The van der Waals surface area contributed by atoms with E-state index in [2.05, 4.69) is 118 Å². The van der Waals surface area contributed by atoms with E-state index in [-0.39, 0.29) is 25.9 Å². The van der Waals surface area contributed by atoms with Crippen molar-refractivity contribution in [3.63, 3.8) is 0 Å². The van der Waals surface area contributed by atoms with Crippen LogP contribution in [0.2, 0.25) is 0 Å². The van der Waals surface area contributed by atoms with E-state index >= 15 is 0 Å². The molecule has 0 aliphatic heterocycles. The van der Waals surface area contributed by atoms with Crippen LogP contribution >= 0.6 is 7.82 Å². The molecule has 2 N–H and O–H groups in total. The SMILES string of the molecule is CC/C=C\C/C=C\C/C=C\C/C=C\C/C=C\C/C=C\CCC(=O)OC(COC(=O)CCCCCCC/C=C\CCCC)COP(=O)(O)OCC(CO)OC(=O)CCCCCCCCCCC/C=C\C/C=C\CCCCC. The number of hydrogen-bond acceptors (Lipinski definition) is 10. The molecule has 3 atom stereocenters. The van der Waals surface area contributed by atoms with E-state index in [0.29, 0.717) is 25.7 Å². The Labute approximate surface area is 463 Å². The zero-order chi connectivity index (χ0) is 55.5. The Morgan fingerprint density at radius 1 is 0.382 bits per heavy atom. The maximum absolute atomic E-state index is 12.9. The monoisotopic (exact) mass is 1080 g/mol. The summed E-state index contributed by atoms with van der Waals surface area (Å²) in [6.07, 6.45) is 69.2. The lowest BCUT2D eigenvalue weighted by Crippen LogP contribution is -2.30. The van der Waals surface area contributed by atoms with E-state index in [1.807, 2.05) is 12.2 Å². The van der Waals surface area contributed by atoms with Crippen LogP contribution in [0.1, 0.15) is 239 Å². The number of phosphoric ester groups is 1. The number of allylic oxidation sites excluding steroid dienone is 18. The summed E-state index contributed by atoms with van der Waals surface area (Å²) < 4.78 is 39.4. The molecule has 0 spiro atoms. The van der Waals surface area contributed by atoms with Gasteiger partial charge in [-0.2, -0.15) is 0 Å². The van der Waals surface area contributed by atoms with Crippen LogP contribution < -0.4 is 0 Å². The molecule has 11 nitrogen and oxygen atoms in total. The fourth-order valence-corrected chi connectivity index (χ4v) is 8.41. The Morgan fingerprint density at radius 3 is 1.18 bits per heavy atom. The van der Waals surface area contributed by atoms with Gasteiger partial charge in [-0.05, 0) is 109 Å². The second kappa shape index (κ2) is 57.3. The van der Waals surface area contributed by atoms with Gasteiger partial charge in [-0.1, -0.05) is 220 Å². The highest BCUT2D eigenvalue weighted by Crippen LogP contribution is 2.43. The first-order valence-electron chi connectivity index (χ1n) is 29.8. The first-order valence-corrected chi connectivity index (χ1v) is 31.3. The Balaban J connectivity index is 4.75. The van der Waals surface area contributed by atoms with Crippen molar-refractivity contribution in [3.05, 3.63) is 109 Å². The molecule has 0 rings (SSSR count). The van der Waals surface area contributed by atoms with Gasteiger partial charge in [0.15, 0.2) is 6.10 Å². The van der Waals surface area contributed by atoms with Crippen molar-refractivity contribution in [1.29, 1.82) is 0 Å². The molecule has 0 aromatic rings. The summed E-state index contributed by atoms with van der Waals surface area (Å²) in [5.41, 5.74) is 0. The van der Waals surface area contributed by atoms with Crippen LogP contribution in [0.5, 0.6) is 0 Å². The smallest absolute Gasteiger partial charge is 0.462 e. The van der Waals surface area contributed by atoms with Gasteiger partial charge in [0.05, 0.1) is 19.8 Å². The molecule has 0 amide bonds. The molecular weight excluding hydrogens is 976 g/mol. The molecule has 0 aliphatic carbocycles. The summed E-state index contributed by atoms with van der Waals surface area (Å²) in [6.45, 7) is 4.37. The summed E-state index contributed by atoms with van der Waals surface area (Å²) >= 11 is 0. The van der Waals surface area contributed by atoms with Crippen LogP contribution in [-0.2, 0) is 42.2 Å². The molecule has 0 saturated heterocycles. The third-order valence-corrected chi connectivity index (χ3v) is 13.1. The molecule has 12 heteroatoms. The standard InChI is InChI=1S/C64H107O11P/c1-4-7-10-13-16-19-22-24-26-28-30-32-34-36-39-42-45-48-51-54-63(67)74-60(56-65)58-72-76(69,70)73-59-61(57-71-62(66)53-50-47-44-41-38-21-18-15-12-9-6-3)75-64(68)55-52-49-46-43-40-37-35-33-31-29-27-25-23-20-17-14-11-8-5-2/h8,11,15-20,24-27,31,33,37,40,46,49,60-61,65H,4-7,9-10,12-14,21-23,28-30,32,34-36,38-39,41-45,47-48,50-59H2,1-3H3,(H,69,70)/b11-8-,18-15-,19-16-,20-17-,26-24-,27-25-,33-31-,40-37-,49-46-. The highest BCUT2D eigenvalue weighted by molar-refractivity contribution is 7.47. The van der Waals surface area contributed by atoms with Gasteiger partial charge in [-0.25, -0.2) is 4.57 Å². The number of phosphoric acid groups is 1. The van der Waals surface area contributed by atoms with Gasteiger partial charge in [0, 0.05) is 19.3 Å². The Morgan fingerprint density at radius 2 is 0.724 bits per heavy atom. The molecule has 0 aliphatic rings. The molecular formula is C64H107O11P. The number of carbonyl (C=O) groups is 3. The minimum absolute atomic E-state index is 0.0362. The summed E-state index contributed by atoms with van der Waals surface area (Å²) in [5.74, 6) is -1.59. The average molecular weight is 1080 g/mol. The Kier molecular flexibility index (Phi) is 54.4. The summed E-state index contributed by atoms with van der Waals surface area (Å²) in [7, 11) is -4.78. The van der Waals surface area contributed by atoms with Gasteiger partial charge in [0.25, 0.3) is 0 Å². The highest BCUT2D eigenvalue weighted by Gasteiger charge is 2.28. The summed E-state index contributed by atoms with van der Waals surface area (Å²) in [5, 5.41) is 9.83. The van der Waals surface area contributed by atoms with Crippen LogP contribution in [0, 0.1) is 0 Å². The maximum atomic E-state index is 12.9. The van der Waals surface area contributed by atoms with Crippen LogP contribution in [0.4, 0.5) is 0 Å². The number of aliphatic hydroxyl groups is 1. The highest BCUT2D eigenvalue weighted by atomic mass is 31.2. The zero-order valence-corrected chi connectivity index (χ0v) is 48.8. The molecule has 0 heterocycles. The summed E-state index contributed by atoms with van der Waals surface area (Å²) in [6, 6.07) is 0. The Hall–Kier alpha value is -3.86. The predicted molar refractivity (Wildman–Crippen MR) is 316 cm³/mol. The van der Waals surface area contributed by atoms with Gasteiger partial charge >= 0.3 is 25.7 Å². The summed E-state index contributed by atoms with van der Waals surface area (Å²) in [4.78, 5) is 48.5. The Bertz CT molecular complexity index is 1690. The lowest BCUT2D eigenvalue weighted by atomic mass is 10.1. The van der Waals surface area contributed by atoms with Gasteiger partial charge in [0.2, 0.25) is 0 Å². The van der Waals surface area contributed by atoms with Crippen LogP contribution in [0.25, 0.3) is 0 Å². The van der Waals surface area contributed by atoms with E-state index in [4.69, 9.17) is 23.3 Å². The first-order chi connectivity index (χ1) is 37.2. The van der Waals surface area contributed by atoms with Crippen molar-refractivity contribution in [2.45, 2.75) is 251 Å². The number of hydrogen-bond donors (Lipinski definition) is 2. The number of rotatable bonds is 54. The second-order valence-corrected chi connectivity index (χ2v) is 20.9. The van der Waals surface area contributed by atoms with Crippen LogP contribution in [-0.4, -0.2) is 66.5 Å². The lowest BCUT2D eigenvalue weighted by molar-refractivity contribution is -0.161. The molecule has 0 bridgehead atoms. The van der Waals surface area contributed by atoms with Crippen molar-refractivity contribution < 1.29 is 52.2 Å². The fourth-order valence-electron chi connectivity index (χ4n) is 7.63. The van der Waals surface area contributed by atoms with Gasteiger partial charge < -0.3 is 24.2 Å². The largest absolute Gasteiger partial charge is 0.472 e. The van der Waals surface area contributed by atoms with Crippen molar-refractivity contribution >= 4 is 25.7 Å². The maximum Gasteiger partial charge on any atom is 0.472 e. The predicted octanol–water partition coefficient (Wildman–Crippen LogP) is 17.8. The molecule has 0 radical (unpaired) electrons. The molecule has 76 heavy (non-hydrogen) atoms. The lowest BCUT2D eigenvalue weighted by Gasteiger charge is -2.21.